The zero-order valence-corrected chi connectivity index (χ0v) is 18.3. The number of halogens is 2. The zero-order valence-electron chi connectivity index (χ0n) is 16.0. The molecular formula is C22H21Cl2NO3S. The molecule has 4 rings (SSSR count). The number of aliphatic hydroxyl groups is 1. The van der Waals surface area contributed by atoms with Gasteiger partial charge in [-0.2, -0.15) is 0 Å². The highest BCUT2D eigenvalue weighted by Gasteiger charge is 2.49. The first kappa shape index (κ1) is 20.5. The number of amides is 1. The fraction of sp³-hybridized carbons (Fsp3) is 0.364. The normalized spacial score (nSPS) is 22.4. The molecule has 1 unspecified atom stereocenters. The number of hydrogen-bond donors (Lipinski definition) is 1. The van der Waals surface area contributed by atoms with E-state index in [-0.39, 0.29) is 22.4 Å². The Hall–Kier alpha value is -1.82. The van der Waals surface area contributed by atoms with E-state index in [0.29, 0.717) is 10.6 Å². The Balaban J connectivity index is 1.88. The van der Waals surface area contributed by atoms with Crippen molar-refractivity contribution >= 4 is 52.0 Å². The van der Waals surface area contributed by atoms with Gasteiger partial charge in [-0.15, -0.1) is 11.3 Å². The van der Waals surface area contributed by atoms with E-state index >= 15 is 0 Å². The molecule has 1 saturated carbocycles. The van der Waals surface area contributed by atoms with Crippen LogP contribution >= 0.6 is 34.5 Å². The number of carbonyl (C=O) groups excluding carboxylic acids is 2. The molecular weight excluding hydrogens is 429 g/mol. The fourth-order valence-electron chi connectivity index (χ4n) is 4.31. The van der Waals surface area contributed by atoms with Crippen LogP contribution in [0.15, 0.2) is 35.2 Å². The van der Waals surface area contributed by atoms with Crippen molar-refractivity contribution in [2.75, 3.05) is 0 Å². The van der Waals surface area contributed by atoms with Gasteiger partial charge in [0.15, 0.2) is 0 Å². The summed E-state index contributed by atoms with van der Waals surface area (Å²) in [6, 6.07) is 6.10. The Morgan fingerprint density at radius 1 is 1.10 bits per heavy atom. The van der Waals surface area contributed by atoms with Gasteiger partial charge in [0.2, 0.25) is 0 Å². The van der Waals surface area contributed by atoms with Crippen molar-refractivity contribution in [2.24, 2.45) is 0 Å². The second-order valence-electron chi connectivity index (χ2n) is 7.59. The van der Waals surface area contributed by atoms with Crippen LogP contribution in [0.3, 0.4) is 0 Å². The van der Waals surface area contributed by atoms with Gasteiger partial charge < -0.3 is 10.0 Å². The minimum Gasteiger partial charge on any atom is -0.507 e. The third-order valence-electron chi connectivity index (χ3n) is 5.79. The third kappa shape index (κ3) is 3.60. The molecule has 29 heavy (non-hydrogen) atoms. The van der Waals surface area contributed by atoms with Crippen molar-refractivity contribution in [3.63, 3.8) is 0 Å². The molecule has 1 atom stereocenters. The molecule has 1 amide bonds. The van der Waals surface area contributed by atoms with Gasteiger partial charge in [-0.3, -0.25) is 9.59 Å². The number of nitrogens with zero attached hydrogens (tertiary/aromatic N) is 1. The Labute approximate surface area is 183 Å². The highest BCUT2D eigenvalue weighted by Crippen LogP contribution is 2.45. The first-order chi connectivity index (χ1) is 13.9. The number of rotatable bonds is 3. The zero-order chi connectivity index (χ0) is 20.7. The van der Waals surface area contributed by atoms with Crippen molar-refractivity contribution in [3.8, 4) is 0 Å². The van der Waals surface area contributed by atoms with E-state index in [1.165, 1.54) is 17.4 Å². The molecule has 4 nitrogen and oxygen atoms in total. The second-order valence-corrected chi connectivity index (χ2v) is 9.36. The van der Waals surface area contributed by atoms with Gasteiger partial charge in [-0.25, -0.2) is 0 Å². The summed E-state index contributed by atoms with van der Waals surface area (Å²) in [6.07, 6.45) is 4.97. The number of carbonyl (C=O) groups is 2. The molecule has 2 aromatic rings. The summed E-state index contributed by atoms with van der Waals surface area (Å²) >= 11 is 13.6. The average Bonchev–Trinajstić information content (AvgIpc) is 3.25. The number of aryl methyl sites for hydroxylation is 1. The van der Waals surface area contributed by atoms with Crippen LogP contribution in [0.2, 0.25) is 10.0 Å². The highest BCUT2D eigenvalue weighted by atomic mass is 35.5. The number of aliphatic hydroxyl groups excluding tert-OH is 1. The van der Waals surface area contributed by atoms with Crippen molar-refractivity contribution < 1.29 is 14.7 Å². The maximum atomic E-state index is 13.1. The third-order valence-corrected chi connectivity index (χ3v) is 7.60. The predicted octanol–water partition coefficient (Wildman–Crippen LogP) is 6.12. The Morgan fingerprint density at radius 3 is 2.45 bits per heavy atom. The molecule has 0 bridgehead atoms. The minimum atomic E-state index is -0.642. The summed E-state index contributed by atoms with van der Waals surface area (Å²) in [4.78, 5) is 28.8. The van der Waals surface area contributed by atoms with Crippen LogP contribution < -0.4 is 0 Å². The highest BCUT2D eigenvalue weighted by molar-refractivity contribution is 7.10. The summed E-state index contributed by atoms with van der Waals surface area (Å²) in [5.74, 6) is -1.38. The van der Waals surface area contributed by atoms with Gasteiger partial charge in [-0.05, 0) is 55.0 Å². The van der Waals surface area contributed by atoms with E-state index in [1.54, 1.807) is 17.0 Å². The van der Waals surface area contributed by atoms with Crippen LogP contribution in [-0.4, -0.2) is 27.7 Å². The molecule has 0 radical (unpaired) electrons. The Kier molecular flexibility index (Phi) is 5.74. The maximum absolute atomic E-state index is 13.1. The molecule has 152 valence electrons. The standard InChI is InChI=1S/C22H21Cl2NO3S/c1-12-9-10-29-21(12)18-17(19(26)13-7-8-15(23)16(24)11-13)20(27)22(28)25(18)14-5-3-2-4-6-14/h7-11,14,18,26H,2-6H2,1H3/b19-17-. The fourth-order valence-corrected chi connectivity index (χ4v) is 5.64. The number of benzene rings is 1. The Bertz CT molecular complexity index is 1010. The van der Waals surface area contributed by atoms with Crippen LogP contribution in [0.4, 0.5) is 0 Å². The molecule has 7 heteroatoms. The van der Waals surface area contributed by atoms with E-state index in [4.69, 9.17) is 23.2 Å². The van der Waals surface area contributed by atoms with Gasteiger partial charge >= 0.3 is 0 Å². The van der Waals surface area contributed by atoms with E-state index in [0.717, 1.165) is 42.5 Å². The van der Waals surface area contributed by atoms with Crippen LogP contribution in [-0.2, 0) is 9.59 Å². The molecule has 1 saturated heterocycles. The van der Waals surface area contributed by atoms with Crippen molar-refractivity contribution in [1.29, 1.82) is 0 Å². The van der Waals surface area contributed by atoms with Crippen LogP contribution in [0, 0.1) is 6.92 Å². The van der Waals surface area contributed by atoms with Gasteiger partial charge in [-0.1, -0.05) is 42.5 Å². The van der Waals surface area contributed by atoms with Crippen molar-refractivity contribution in [1.82, 2.24) is 4.90 Å². The summed E-state index contributed by atoms with van der Waals surface area (Å²) in [5, 5.41) is 13.7. The lowest BCUT2D eigenvalue weighted by Gasteiger charge is -2.35. The smallest absolute Gasteiger partial charge is 0.295 e. The lowest BCUT2D eigenvalue weighted by Crippen LogP contribution is -2.40. The quantitative estimate of drug-likeness (QED) is 0.348. The molecule has 2 aliphatic rings. The number of ketones is 1. The average molecular weight is 450 g/mol. The van der Waals surface area contributed by atoms with Gasteiger partial charge in [0.1, 0.15) is 11.8 Å². The molecule has 2 fully saturated rings. The lowest BCUT2D eigenvalue weighted by atomic mass is 9.92. The number of thiophene rings is 1. The summed E-state index contributed by atoms with van der Waals surface area (Å²) in [7, 11) is 0. The van der Waals surface area contributed by atoms with E-state index in [2.05, 4.69) is 0 Å². The molecule has 1 aromatic carbocycles. The number of likely N-dealkylation sites (tertiary alicyclic amines) is 1. The number of hydrogen-bond acceptors (Lipinski definition) is 4. The molecule has 1 aliphatic carbocycles. The van der Waals surface area contributed by atoms with Gasteiger partial charge in [0.25, 0.3) is 11.7 Å². The largest absolute Gasteiger partial charge is 0.507 e. The van der Waals surface area contributed by atoms with Crippen molar-refractivity contribution in [3.05, 3.63) is 61.3 Å². The summed E-state index contributed by atoms with van der Waals surface area (Å²) in [5.41, 5.74) is 1.51. The summed E-state index contributed by atoms with van der Waals surface area (Å²) in [6.45, 7) is 1.96. The first-order valence-electron chi connectivity index (χ1n) is 9.69. The monoisotopic (exact) mass is 449 g/mol. The van der Waals surface area contributed by atoms with E-state index in [9.17, 15) is 14.7 Å². The SMILES string of the molecule is Cc1ccsc1C1/C(=C(/O)c2ccc(Cl)c(Cl)c2)C(=O)C(=O)N1C1CCCCC1. The topological polar surface area (TPSA) is 57.6 Å². The summed E-state index contributed by atoms with van der Waals surface area (Å²) < 4.78 is 0. The molecule has 0 spiro atoms. The lowest BCUT2D eigenvalue weighted by molar-refractivity contribution is -0.141. The van der Waals surface area contributed by atoms with Crippen LogP contribution in [0.25, 0.3) is 5.76 Å². The van der Waals surface area contributed by atoms with Crippen molar-refractivity contribution in [2.45, 2.75) is 51.1 Å². The Morgan fingerprint density at radius 2 is 1.83 bits per heavy atom. The van der Waals surface area contributed by atoms with Gasteiger partial charge in [0.05, 0.1) is 15.6 Å². The first-order valence-corrected chi connectivity index (χ1v) is 11.3. The molecule has 2 heterocycles. The second kappa shape index (κ2) is 8.13. The minimum absolute atomic E-state index is 0.00538. The molecule has 1 N–H and O–H groups in total. The molecule has 1 aromatic heterocycles. The van der Waals surface area contributed by atoms with E-state index < -0.39 is 17.7 Å². The van der Waals surface area contributed by atoms with Gasteiger partial charge in [0, 0.05) is 16.5 Å². The number of Topliss-reactive ketones (excluding diaryl/α,β-unsaturated/α-hetero) is 1. The van der Waals surface area contributed by atoms with Crippen LogP contribution in [0.5, 0.6) is 0 Å². The maximum Gasteiger partial charge on any atom is 0.295 e. The molecule has 1 aliphatic heterocycles. The van der Waals surface area contributed by atoms with Crippen LogP contribution in [0.1, 0.15) is 54.1 Å². The predicted molar refractivity (Wildman–Crippen MR) is 117 cm³/mol. The van der Waals surface area contributed by atoms with E-state index in [1.807, 2.05) is 18.4 Å².